The predicted molar refractivity (Wildman–Crippen MR) is 88.2 cm³/mol. The van der Waals surface area contributed by atoms with Crippen LogP contribution in [0, 0.1) is 6.92 Å². The van der Waals surface area contributed by atoms with Gasteiger partial charge in [0.2, 0.25) is 5.91 Å². The summed E-state index contributed by atoms with van der Waals surface area (Å²) in [6, 6.07) is 11.5. The molecule has 3 aromatic rings. The molecule has 0 saturated carbocycles. The Bertz CT molecular complexity index is 822. The van der Waals surface area contributed by atoms with Gasteiger partial charge in [-0.05, 0) is 31.0 Å². The molecular formula is C18H19N3O2. The summed E-state index contributed by atoms with van der Waals surface area (Å²) in [4.78, 5) is 16.3. The summed E-state index contributed by atoms with van der Waals surface area (Å²) in [7, 11) is 0. The van der Waals surface area contributed by atoms with Gasteiger partial charge >= 0.3 is 0 Å². The van der Waals surface area contributed by atoms with Crippen LogP contribution in [0.1, 0.15) is 23.2 Å². The van der Waals surface area contributed by atoms with Crippen molar-refractivity contribution in [3.05, 3.63) is 65.6 Å². The minimum Gasteiger partial charge on any atom is -0.504 e. The third kappa shape index (κ3) is 3.69. The van der Waals surface area contributed by atoms with E-state index >= 15 is 0 Å². The normalized spacial score (nSPS) is 10.8. The quantitative estimate of drug-likeness (QED) is 0.761. The molecular weight excluding hydrogens is 290 g/mol. The van der Waals surface area contributed by atoms with Gasteiger partial charge in [0.05, 0.1) is 12.2 Å². The molecule has 5 heteroatoms. The van der Waals surface area contributed by atoms with E-state index < -0.39 is 0 Å². The highest BCUT2D eigenvalue weighted by Crippen LogP contribution is 2.16. The van der Waals surface area contributed by atoms with E-state index in [4.69, 9.17) is 0 Å². The maximum atomic E-state index is 11.9. The number of fused-ring (bicyclic) bond motifs is 1. The van der Waals surface area contributed by atoms with Crippen molar-refractivity contribution < 1.29 is 9.90 Å². The van der Waals surface area contributed by atoms with Crippen LogP contribution in [0.5, 0.6) is 5.75 Å². The number of nitrogens with zero attached hydrogens (tertiary/aromatic N) is 2. The van der Waals surface area contributed by atoms with Crippen molar-refractivity contribution >= 4 is 11.6 Å². The van der Waals surface area contributed by atoms with Gasteiger partial charge in [0, 0.05) is 18.8 Å². The Labute approximate surface area is 134 Å². The van der Waals surface area contributed by atoms with Crippen LogP contribution >= 0.6 is 0 Å². The number of pyridine rings is 1. The fourth-order valence-corrected chi connectivity index (χ4v) is 2.42. The number of nitrogens with one attached hydrogen (secondary N) is 1. The van der Waals surface area contributed by atoms with Crippen molar-refractivity contribution in [2.24, 2.45) is 0 Å². The monoisotopic (exact) mass is 309 g/mol. The third-order valence-electron chi connectivity index (χ3n) is 3.74. The van der Waals surface area contributed by atoms with Crippen molar-refractivity contribution in [3.63, 3.8) is 0 Å². The second kappa shape index (κ2) is 6.52. The van der Waals surface area contributed by atoms with Crippen LogP contribution in [0.25, 0.3) is 5.65 Å². The number of amides is 1. The first-order chi connectivity index (χ1) is 11.1. The Morgan fingerprint density at radius 3 is 2.78 bits per heavy atom. The van der Waals surface area contributed by atoms with E-state index in [2.05, 4.69) is 22.4 Å². The number of rotatable bonds is 5. The Kier molecular flexibility index (Phi) is 4.28. The van der Waals surface area contributed by atoms with Gasteiger partial charge < -0.3 is 14.8 Å². The molecule has 0 radical (unpaired) electrons. The molecule has 2 N–H and O–H groups in total. The van der Waals surface area contributed by atoms with Crippen molar-refractivity contribution in [3.8, 4) is 5.75 Å². The number of hydrogen-bond acceptors (Lipinski definition) is 3. The highest BCUT2D eigenvalue weighted by molar-refractivity contribution is 5.76. The molecule has 0 unspecified atom stereocenters. The molecule has 2 heterocycles. The minimum atomic E-state index is -0.00754. The lowest BCUT2D eigenvalue weighted by Crippen LogP contribution is -2.23. The summed E-state index contributed by atoms with van der Waals surface area (Å²) in [5.41, 5.74) is 3.59. The van der Waals surface area contributed by atoms with Crippen LogP contribution in [0.15, 0.2) is 48.8 Å². The first-order valence-electron chi connectivity index (χ1n) is 7.59. The van der Waals surface area contributed by atoms with Crippen molar-refractivity contribution in [1.82, 2.24) is 14.7 Å². The molecule has 0 atom stereocenters. The fourth-order valence-electron chi connectivity index (χ4n) is 2.42. The number of aromatic hydroxyl groups is 1. The number of hydrogen-bond donors (Lipinski definition) is 2. The summed E-state index contributed by atoms with van der Waals surface area (Å²) in [5, 5.41) is 12.6. The summed E-state index contributed by atoms with van der Waals surface area (Å²) >= 11 is 0. The van der Waals surface area contributed by atoms with Crippen molar-refractivity contribution in [2.45, 2.75) is 26.3 Å². The first kappa shape index (κ1) is 15.1. The lowest BCUT2D eigenvalue weighted by atomic mass is 10.1. The second-order valence-corrected chi connectivity index (χ2v) is 5.62. The Balaban J connectivity index is 1.53. The Morgan fingerprint density at radius 2 is 2.04 bits per heavy atom. The largest absolute Gasteiger partial charge is 0.504 e. The van der Waals surface area contributed by atoms with Crippen LogP contribution in [-0.4, -0.2) is 20.4 Å². The molecule has 0 aliphatic heterocycles. The van der Waals surface area contributed by atoms with Gasteiger partial charge in [-0.3, -0.25) is 4.79 Å². The fraction of sp³-hybridized carbons (Fsp3) is 0.222. The molecule has 0 bridgehead atoms. The minimum absolute atomic E-state index is 0.00754. The maximum absolute atomic E-state index is 11.9. The number of imidazole rings is 1. The molecule has 1 aromatic carbocycles. The van der Waals surface area contributed by atoms with E-state index in [0.29, 0.717) is 18.6 Å². The highest BCUT2D eigenvalue weighted by atomic mass is 16.3. The second-order valence-electron chi connectivity index (χ2n) is 5.62. The molecule has 1 amide bonds. The van der Waals surface area contributed by atoms with Crippen LogP contribution in [0.4, 0.5) is 0 Å². The van der Waals surface area contributed by atoms with Gasteiger partial charge in [0.1, 0.15) is 0 Å². The Morgan fingerprint density at radius 1 is 1.26 bits per heavy atom. The van der Waals surface area contributed by atoms with E-state index in [1.165, 1.54) is 5.56 Å². The zero-order valence-electron chi connectivity index (χ0n) is 13.0. The lowest BCUT2D eigenvalue weighted by Gasteiger charge is -2.04. The van der Waals surface area contributed by atoms with Crippen LogP contribution in [0.2, 0.25) is 0 Å². The SMILES string of the molecule is Cc1ccc(CCC(=O)NCc2cn3cccc(O)c3n2)cc1. The first-order valence-corrected chi connectivity index (χ1v) is 7.59. The van der Waals surface area contributed by atoms with Crippen LogP contribution in [-0.2, 0) is 17.8 Å². The highest BCUT2D eigenvalue weighted by Gasteiger charge is 2.07. The molecule has 0 aliphatic rings. The summed E-state index contributed by atoms with van der Waals surface area (Å²) < 4.78 is 1.74. The number of carbonyl (C=O) groups is 1. The molecule has 0 saturated heterocycles. The van der Waals surface area contributed by atoms with E-state index in [1.807, 2.05) is 25.3 Å². The molecule has 118 valence electrons. The third-order valence-corrected chi connectivity index (χ3v) is 3.74. The molecule has 23 heavy (non-hydrogen) atoms. The maximum Gasteiger partial charge on any atom is 0.220 e. The summed E-state index contributed by atoms with van der Waals surface area (Å²) in [6.07, 6.45) is 4.78. The zero-order valence-corrected chi connectivity index (χ0v) is 13.0. The van der Waals surface area contributed by atoms with Gasteiger partial charge in [-0.25, -0.2) is 4.98 Å². The standard InChI is InChI=1S/C18H19N3O2/c1-13-4-6-14(7-5-13)8-9-17(23)19-11-15-12-21-10-2-3-16(22)18(21)20-15/h2-7,10,12,22H,8-9,11H2,1H3,(H,19,23). The molecule has 5 nitrogen and oxygen atoms in total. The van der Waals surface area contributed by atoms with Crippen LogP contribution < -0.4 is 5.32 Å². The summed E-state index contributed by atoms with van der Waals surface area (Å²) in [6.45, 7) is 2.40. The van der Waals surface area contributed by atoms with Gasteiger partial charge in [-0.1, -0.05) is 29.8 Å². The molecule has 0 spiro atoms. The zero-order chi connectivity index (χ0) is 16.2. The lowest BCUT2D eigenvalue weighted by molar-refractivity contribution is -0.121. The molecule has 3 rings (SSSR count). The van der Waals surface area contributed by atoms with Crippen LogP contribution in [0.3, 0.4) is 0 Å². The van der Waals surface area contributed by atoms with E-state index in [-0.39, 0.29) is 11.7 Å². The number of benzene rings is 1. The topological polar surface area (TPSA) is 66.6 Å². The van der Waals surface area contributed by atoms with Crippen molar-refractivity contribution in [2.75, 3.05) is 0 Å². The van der Waals surface area contributed by atoms with E-state index in [1.54, 1.807) is 22.7 Å². The van der Waals surface area contributed by atoms with Gasteiger partial charge in [0.15, 0.2) is 11.4 Å². The Hall–Kier alpha value is -2.82. The van der Waals surface area contributed by atoms with E-state index in [9.17, 15) is 9.90 Å². The van der Waals surface area contributed by atoms with Gasteiger partial charge in [-0.15, -0.1) is 0 Å². The average Bonchev–Trinajstić information content (AvgIpc) is 2.97. The van der Waals surface area contributed by atoms with E-state index in [0.717, 1.165) is 17.7 Å². The van der Waals surface area contributed by atoms with Gasteiger partial charge in [-0.2, -0.15) is 0 Å². The number of carbonyl (C=O) groups excluding carboxylic acids is 1. The number of aryl methyl sites for hydroxylation is 2. The molecule has 2 aromatic heterocycles. The predicted octanol–water partition coefficient (Wildman–Crippen LogP) is 2.60. The summed E-state index contributed by atoms with van der Waals surface area (Å²) in [5.74, 6) is 0.122. The van der Waals surface area contributed by atoms with Crippen molar-refractivity contribution in [1.29, 1.82) is 0 Å². The molecule has 0 aliphatic carbocycles. The smallest absolute Gasteiger partial charge is 0.220 e. The molecule has 0 fully saturated rings. The number of aromatic nitrogens is 2. The average molecular weight is 309 g/mol. The van der Waals surface area contributed by atoms with Gasteiger partial charge in [0.25, 0.3) is 0 Å².